The Kier molecular flexibility index (Phi) is 5.69. The second kappa shape index (κ2) is 8.95. The van der Waals surface area contributed by atoms with Gasteiger partial charge in [-0.25, -0.2) is 4.98 Å². The van der Waals surface area contributed by atoms with Gasteiger partial charge in [-0.1, -0.05) is 36.4 Å². The van der Waals surface area contributed by atoms with E-state index in [0.717, 1.165) is 38.2 Å². The zero-order valence-electron chi connectivity index (χ0n) is 17.8. The van der Waals surface area contributed by atoms with Crippen molar-refractivity contribution in [2.24, 2.45) is 5.73 Å². The number of nitrogens with zero attached hydrogens (tertiary/aromatic N) is 4. The van der Waals surface area contributed by atoms with E-state index in [-0.39, 0.29) is 11.3 Å². The second-order valence-corrected chi connectivity index (χ2v) is 8.50. The molecule has 4 N–H and O–H groups in total. The number of phenols is 1. The number of benzene rings is 2. The van der Waals surface area contributed by atoms with E-state index in [2.05, 4.69) is 31.3 Å². The molecule has 3 heterocycles. The van der Waals surface area contributed by atoms with Crippen LogP contribution >= 0.6 is 15.9 Å². The van der Waals surface area contributed by atoms with Crippen molar-refractivity contribution in [2.45, 2.75) is 6.54 Å². The number of rotatable bonds is 6. The summed E-state index contributed by atoms with van der Waals surface area (Å²) in [4.78, 5) is 20.3. The third-order valence-corrected chi connectivity index (χ3v) is 5.96. The molecule has 0 radical (unpaired) electrons. The normalized spacial score (nSPS) is 11.0. The maximum absolute atomic E-state index is 11.4. The quantitative estimate of drug-likeness (QED) is 0.303. The van der Waals surface area contributed by atoms with Crippen LogP contribution in [0.2, 0.25) is 0 Å². The second-order valence-electron chi connectivity index (χ2n) is 7.64. The monoisotopic (exact) mass is 514 g/mol. The fraction of sp³-hybridized carbons (Fsp3) is 0.0400. The third-order valence-electron chi connectivity index (χ3n) is 5.40. The van der Waals surface area contributed by atoms with Crippen LogP contribution in [0.25, 0.3) is 28.0 Å². The summed E-state index contributed by atoms with van der Waals surface area (Å²) in [7, 11) is 0. The summed E-state index contributed by atoms with van der Waals surface area (Å²) in [6, 6.07) is 18.5. The minimum atomic E-state index is -0.667. The van der Waals surface area contributed by atoms with Crippen LogP contribution in [-0.4, -0.2) is 30.6 Å². The Morgan fingerprint density at radius 3 is 2.50 bits per heavy atom. The van der Waals surface area contributed by atoms with Crippen LogP contribution in [0.3, 0.4) is 0 Å². The Labute approximate surface area is 203 Å². The molecule has 0 aliphatic heterocycles. The smallest absolute Gasteiger partial charge is 0.252 e. The van der Waals surface area contributed by atoms with E-state index >= 15 is 0 Å². The van der Waals surface area contributed by atoms with Crippen LogP contribution in [0.15, 0.2) is 83.7 Å². The third kappa shape index (κ3) is 4.20. The number of nitrogens with one attached hydrogen (secondary N) is 1. The molecule has 0 bridgehead atoms. The van der Waals surface area contributed by atoms with E-state index in [1.54, 1.807) is 23.0 Å². The fourth-order valence-corrected chi connectivity index (χ4v) is 4.01. The van der Waals surface area contributed by atoms with E-state index in [9.17, 15) is 9.90 Å². The van der Waals surface area contributed by atoms with Crippen LogP contribution in [0.5, 0.6) is 5.75 Å². The summed E-state index contributed by atoms with van der Waals surface area (Å²) in [5.74, 6) is -0.0125. The summed E-state index contributed by atoms with van der Waals surface area (Å²) >= 11 is 3.53. The maximum atomic E-state index is 11.4. The van der Waals surface area contributed by atoms with Crippen LogP contribution in [0.4, 0.5) is 5.82 Å². The van der Waals surface area contributed by atoms with Crippen molar-refractivity contribution >= 4 is 33.3 Å². The van der Waals surface area contributed by atoms with E-state index in [4.69, 9.17) is 10.7 Å². The molecule has 0 aliphatic rings. The molecule has 0 fully saturated rings. The highest BCUT2D eigenvalue weighted by atomic mass is 79.9. The zero-order valence-corrected chi connectivity index (χ0v) is 19.4. The lowest BCUT2D eigenvalue weighted by Gasteiger charge is -2.11. The highest BCUT2D eigenvalue weighted by molar-refractivity contribution is 9.10. The van der Waals surface area contributed by atoms with Gasteiger partial charge in [0.1, 0.15) is 11.6 Å². The van der Waals surface area contributed by atoms with Crippen molar-refractivity contribution in [2.75, 3.05) is 5.32 Å². The van der Waals surface area contributed by atoms with E-state index in [0.29, 0.717) is 12.2 Å². The molecule has 5 aromatic rings. The molecule has 2 aromatic carbocycles. The van der Waals surface area contributed by atoms with Crippen molar-refractivity contribution < 1.29 is 9.90 Å². The molecular formula is C25H19BrN6O2. The van der Waals surface area contributed by atoms with Gasteiger partial charge >= 0.3 is 0 Å². The van der Waals surface area contributed by atoms with Gasteiger partial charge in [0.2, 0.25) is 0 Å². The maximum Gasteiger partial charge on any atom is 0.252 e. The largest absolute Gasteiger partial charge is 0.507 e. The fourth-order valence-electron chi connectivity index (χ4n) is 3.66. The number of carbonyl (C=O) groups excluding carboxylic acids is 1. The first-order chi connectivity index (χ1) is 16.5. The van der Waals surface area contributed by atoms with Crippen molar-refractivity contribution in [3.8, 4) is 28.1 Å². The Hall–Kier alpha value is -4.24. The molecule has 5 rings (SSSR count). The topological polar surface area (TPSA) is 118 Å². The van der Waals surface area contributed by atoms with E-state index in [1.807, 2.05) is 48.7 Å². The molecule has 168 valence electrons. The Morgan fingerprint density at radius 1 is 1.03 bits per heavy atom. The lowest BCUT2D eigenvalue weighted by molar-refractivity contribution is 0.0998. The molecule has 9 heteroatoms. The summed E-state index contributed by atoms with van der Waals surface area (Å²) in [6.07, 6.45) is 5.28. The van der Waals surface area contributed by atoms with Gasteiger partial charge in [0.15, 0.2) is 5.65 Å². The predicted octanol–water partition coefficient (Wildman–Crippen LogP) is 4.64. The van der Waals surface area contributed by atoms with Gasteiger partial charge in [0.25, 0.3) is 5.91 Å². The molecule has 0 aliphatic carbocycles. The number of fused-ring (bicyclic) bond motifs is 1. The molecule has 3 aromatic heterocycles. The highest BCUT2D eigenvalue weighted by Crippen LogP contribution is 2.30. The first-order valence-corrected chi connectivity index (χ1v) is 11.2. The SMILES string of the molecule is NC(=O)c1ccc(-c2ccc(-c3cc(NCc4cccnc4)n4ncc(Br)c4n3)cc2)cc1O. The number of halogens is 1. The first-order valence-electron chi connectivity index (χ1n) is 10.4. The minimum absolute atomic E-state index is 0.0931. The van der Waals surface area contributed by atoms with Crippen molar-refractivity contribution in [1.29, 1.82) is 0 Å². The number of hydrogen-bond acceptors (Lipinski definition) is 6. The molecular weight excluding hydrogens is 496 g/mol. The standard InChI is InChI=1S/C25H19BrN6O2/c26-20-14-30-32-23(29-13-15-2-1-9-28-12-15)11-21(31-25(20)32)17-5-3-16(4-6-17)18-7-8-19(24(27)34)22(33)10-18/h1-12,14,29,33H,13H2,(H2,27,34). The number of aromatic nitrogens is 4. The summed E-state index contributed by atoms with van der Waals surface area (Å²) in [5.41, 5.74) is 10.5. The van der Waals surface area contributed by atoms with Crippen LogP contribution in [0, 0.1) is 0 Å². The lowest BCUT2D eigenvalue weighted by Crippen LogP contribution is -2.10. The number of hydrogen-bond donors (Lipinski definition) is 3. The molecule has 0 atom stereocenters. The number of nitrogens with two attached hydrogens (primary N) is 1. The summed E-state index contributed by atoms with van der Waals surface area (Å²) in [5, 5.41) is 17.9. The van der Waals surface area contributed by atoms with Crippen LogP contribution in [0.1, 0.15) is 15.9 Å². The molecule has 1 amide bonds. The lowest BCUT2D eigenvalue weighted by atomic mass is 10.0. The van der Waals surface area contributed by atoms with Gasteiger partial charge in [-0.2, -0.15) is 9.61 Å². The predicted molar refractivity (Wildman–Crippen MR) is 133 cm³/mol. The van der Waals surface area contributed by atoms with Gasteiger partial charge in [0, 0.05) is 30.6 Å². The molecule has 0 spiro atoms. The van der Waals surface area contributed by atoms with E-state index < -0.39 is 5.91 Å². The van der Waals surface area contributed by atoms with Crippen molar-refractivity contribution in [3.63, 3.8) is 0 Å². The Bertz CT molecular complexity index is 1500. The zero-order chi connectivity index (χ0) is 23.7. The minimum Gasteiger partial charge on any atom is -0.507 e. The van der Waals surface area contributed by atoms with Crippen LogP contribution in [-0.2, 0) is 6.54 Å². The van der Waals surface area contributed by atoms with Gasteiger partial charge < -0.3 is 16.2 Å². The molecule has 0 unspecified atom stereocenters. The van der Waals surface area contributed by atoms with Gasteiger partial charge in [-0.05, 0) is 50.8 Å². The number of pyridine rings is 1. The number of aromatic hydroxyl groups is 1. The Balaban J connectivity index is 1.47. The van der Waals surface area contributed by atoms with Crippen molar-refractivity contribution in [3.05, 3.63) is 94.9 Å². The number of anilines is 1. The number of amides is 1. The molecule has 8 nitrogen and oxygen atoms in total. The Morgan fingerprint density at radius 2 is 1.79 bits per heavy atom. The average molecular weight is 515 g/mol. The summed E-state index contributed by atoms with van der Waals surface area (Å²) < 4.78 is 2.54. The number of carbonyl (C=O) groups is 1. The van der Waals surface area contributed by atoms with E-state index in [1.165, 1.54) is 12.1 Å². The van der Waals surface area contributed by atoms with Crippen molar-refractivity contribution in [1.82, 2.24) is 19.6 Å². The molecule has 0 saturated carbocycles. The molecule has 0 saturated heterocycles. The molecule has 34 heavy (non-hydrogen) atoms. The number of primary amides is 1. The van der Waals surface area contributed by atoms with Gasteiger partial charge in [-0.3, -0.25) is 9.78 Å². The van der Waals surface area contributed by atoms with Gasteiger partial charge in [-0.15, -0.1) is 0 Å². The van der Waals surface area contributed by atoms with Crippen LogP contribution < -0.4 is 11.1 Å². The first kappa shape index (κ1) is 21.6. The highest BCUT2D eigenvalue weighted by Gasteiger charge is 2.13. The average Bonchev–Trinajstić information content (AvgIpc) is 3.23. The summed E-state index contributed by atoms with van der Waals surface area (Å²) in [6.45, 7) is 0.591. The van der Waals surface area contributed by atoms with Gasteiger partial charge in [0.05, 0.1) is 21.9 Å².